The number of nitrogens with one attached hydrogen (secondary N) is 1. The fourth-order valence-corrected chi connectivity index (χ4v) is 4.26. The molecule has 2 aromatic carbocycles. The summed E-state index contributed by atoms with van der Waals surface area (Å²) in [5, 5.41) is 9.97. The van der Waals surface area contributed by atoms with Crippen LogP contribution in [-0.4, -0.2) is 31.8 Å². The molecule has 31 heavy (non-hydrogen) atoms. The smallest absolute Gasteiger partial charge is 0.349 e. The van der Waals surface area contributed by atoms with Crippen LogP contribution in [0.5, 0.6) is 0 Å². The molecule has 0 atom stereocenters. The molecule has 7 nitrogen and oxygen atoms in total. The summed E-state index contributed by atoms with van der Waals surface area (Å²) >= 11 is 1.43. The third kappa shape index (κ3) is 4.06. The molecule has 0 radical (unpaired) electrons. The molecule has 8 heteroatoms. The fraction of sp³-hybridized carbons (Fsp3) is 0.217. The molecule has 156 valence electrons. The van der Waals surface area contributed by atoms with E-state index in [4.69, 9.17) is 0 Å². The van der Waals surface area contributed by atoms with Crippen molar-refractivity contribution < 1.29 is 4.79 Å². The van der Waals surface area contributed by atoms with Gasteiger partial charge in [0.15, 0.2) is 0 Å². The average molecular weight is 432 g/mol. The lowest BCUT2D eigenvalue weighted by molar-refractivity contribution is 0.0947. The van der Waals surface area contributed by atoms with Gasteiger partial charge in [0.1, 0.15) is 16.5 Å². The molecule has 0 bridgehead atoms. The first-order valence-electron chi connectivity index (χ1n) is 10.2. The van der Waals surface area contributed by atoms with E-state index in [9.17, 15) is 9.59 Å². The van der Waals surface area contributed by atoms with Gasteiger partial charge in [-0.15, -0.1) is 11.3 Å². The number of benzene rings is 2. The average Bonchev–Trinajstić information content (AvgIpc) is 3.44. The molecule has 5 rings (SSSR count). The molecule has 1 fully saturated rings. The van der Waals surface area contributed by atoms with Crippen LogP contribution in [0, 0.1) is 0 Å². The second kappa shape index (κ2) is 8.31. The summed E-state index contributed by atoms with van der Waals surface area (Å²) in [6, 6.07) is 19.3. The van der Waals surface area contributed by atoms with Gasteiger partial charge in [-0.2, -0.15) is 5.10 Å². The zero-order chi connectivity index (χ0) is 21.2. The van der Waals surface area contributed by atoms with Crippen LogP contribution in [0.25, 0.3) is 16.3 Å². The van der Waals surface area contributed by atoms with E-state index in [1.807, 2.05) is 60.7 Å². The van der Waals surface area contributed by atoms with Crippen LogP contribution in [0.15, 0.2) is 70.8 Å². The molecule has 2 heterocycles. The van der Waals surface area contributed by atoms with Crippen LogP contribution in [0.4, 0.5) is 0 Å². The van der Waals surface area contributed by atoms with Crippen molar-refractivity contribution in [1.29, 1.82) is 0 Å². The predicted molar refractivity (Wildman–Crippen MR) is 120 cm³/mol. The number of hydrogen-bond donors (Lipinski definition) is 1. The third-order valence-corrected chi connectivity index (χ3v) is 6.08. The normalized spacial score (nSPS) is 13.3. The van der Waals surface area contributed by atoms with Gasteiger partial charge >= 0.3 is 5.69 Å². The Balaban J connectivity index is 1.27. The second-order valence-electron chi connectivity index (χ2n) is 7.47. The van der Waals surface area contributed by atoms with E-state index in [0.29, 0.717) is 24.7 Å². The van der Waals surface area contributed by atoms with E-state index >= 15 is 0 Å². The lowest BCUT2D eigenvalue weighted by Crippen LogP contribution is -2.32. The second-order valence-corrected chi connectivity index (χ2v) is 8.33. The molecule has 1 N–H and O–H groups in total. The summed E-state index contributed by atoms with van der Waals surface area (Å²) in [5.74, 6) is 0.876. The van der Waals surface area contributed by atoms with Crippen molar-refractivity contribution >= 4 is 17.2 Å². The quantitative estimate of drug-likeness (QED) is 0.486. The highest BCUT2D eigenvalue weighted by Crippen LogP contribution is 2.39. The minimum absolute atomic E-state index is 0.178. The van der Waals surface area contributed by atoms with Gasteiger partial charge in [-0.05, 0) is 25.0 Å². The monoisotopic (exact) mass is 431 g/mol. The SMILES string of the molecule is O=C(NCCn1nc(C2CC2)n(-c2ccccc2)c1=O)c1csc(-c2ccccc2)n1. The van der Waals surface area contributed by atoms with Crippen LogP contribution >= 0.6 is 11.3 Å². The van der Waals surface area contributed by atoms with E-state index < -0.39 is 0 Å². The molecular formula is C23H21N5O2S. The third-order valence-electron chi connectivity index (χ3n) is 5.19. The molecule has 1 aliphatic carbocycles. The van der Waals surface area contributed by atoms with E-state index in [0.717, 1.165) is 34.9 Å². The number of aromatic nitrogens is 4. The molecular weight excluding hydrogens is 410 g/mol. The molecule has 0 unspecified atom stereocenters. The largest absolute Gasteiger partial charge is 0.350 e. The highest BCUT2D eigenvalue weighted by Gasteiger charge is 2.31. The first kappa shape index (κ1) is 19.4. The van der Waals surface area contributed by atoms with Gasteiger partial charge in [0.2, 0.25) is 0 Å². The van der Waals surface area contributed by atoms with Crippen molar-refractivity contribution in [3.8, 4) is 16.3 Å². The molecule has 2 aromatic heterocycles. The highest BCUT2D eigenvalue weighted by atomic mass is 32.1. The molecule has 0 spiro atoms. The van der Waals surface area contributed by atoms with Gasteiger partial charge < -0.3 is 5.32 Å². The maximum absolute atomic E-state index is 13.0. The molecule has 1 amide bonds. The predicted octanol–water partition coefficient (Wildman–Crippen LogP) is 3.46. The Bertz CT molecular complexity index is 1260. The van der Waals surface area contributed by atoms with Gasteiger partial charge in [0, 0.05) is 23.4 Å². The Morgan fingerprint density at radius 1 is 1.06 bits per heavy atom. The molecule has 0 saturated heterocycles. The molecule has 1 saturated carbocycles. The fourth-order valence-electron chi connectivity index (χ4n) is 3.45. The number of rotatable bonds is 7. The Kier molecular flexibility index (Phi) is 5.21. The van der Waals surface area contributed by atoms with Crippen LogP contribution in [0.3, 0.4) is 0 Å². The summed E-state index contributed by atoms with van der Waals surface area (Å²) in [6.45, 7) is 0.604. The standard InChI is InChI=1S/C23H21N5O2S/c29-21(19-15-31-22(25-19)17-7-3-1-4-8-17)24-13-14-27-23(30)28(18-9-5-2-6-10-18)20(26-27)16-11-12-16/h1-10,15-16H,11-14H2,(H,24,29). The Labute approximate surface area is 183 Å². The van der Waals surface area contributed by atoms with Crippen LogP contribution < -0.4 is 11.0 Å². The van der Waals surface area contributed by atoms with E-state index in [1.165, 1.54) is 16.0 Å². The van der Waals surface area contributed by atoms with Crippen molar-refractivity contribution in [2.45, 2.75) is 25.3 Å². The molecule has 0 aliphatic heterocycles. The van der Waals surface area contributed by atoms with Gasteiger partial charge in [-0.25, -0.2) is 19.0 Å². The number of nitrogens with zero attached hydrogens (tertiary/aromatic N) is 4. The number of carbonyl (C=O) groups is 1. The molecule has 1 aliphatic rings. The van der Waals surface area contributed by atoms with E-state index in [2.05, 4.69) is 15.4 Å². The van der Waals surface area contributed by atoms with Gasteiger partial charge in [-0.3, -0.25) is 4.79 Å². The van der Waals surface area contributed by atoms with E-state index in [-0.39, 0.29) is 11.6 Å². The van der Waals surface area contributed by atoms with Crippen LogP contribution in [0.2, 0.25) is 0 Å². The van der Waals surface area contributed by atoms with Crippen molar-refractivity contribution in [3.63, 3.8) is 0 Å². The van der Waals surface area contributed by atoms with Crippen LogP contribution in [-0.2, 0) is 6.54 Å². The number of carbonyl (C=O) groups excluding carboxylic acids is 1. The highest BCUT2D eigenvalue weighted by molar-refractivity contribution is 7.13. The Morgan fingerprint density at radius 2 is 1.77 bits per heavy atom. The summed E-state index contributed by atoms with van der Waals surface area (Å²) in [4.78, 5) is 29.9. The first-order valence-corrected chi connectivity index (χ1v) is 11.1. The Morgan fingerprint density at radius 3 is 2.48 bits per heavy atom. The number of amides is 1. The van der Waals surface area contributed by atoms with Crippen molar-refractivity contribution in [3.05, 3.63) is 88.0 Å². The lowest BCUT2D eigenvalue weighted by atomic mass is 10.2. The summed E-state index contributed by atoms with van der Waals surface area (Å²) in [7, 11) is 0. The van der Waals surface area contributed by atoms with Crippen molar-refractivity contribution in [1.82, 2.24) is 24.6 Å². The topological polar surface area (TPSA) is 81.8 Å². The van der Waals surface area contributed by atoms with Crippen LogP contribution in [0.1, 0.15) is 35.1 Å². The zero-order valence-corrected chi connectivity index (χ0v) is 17.6. The van der Waals surface area contributed by atoms with Gasteiger partial charge in [-0.1, -0.05) is 48.5 Å². The first-order chi connectivity index (χ1) is 15.2. The maximum atomic E-state index is 13.0. The minimum Gasteiger partial charge on any atom is -0.349 e. The molecule has 4 aromatic rings. The Hall–Kier alpha value is -3.52. The van der Waals surface area contributed by atoms with Crippen molar-refractivity contribution in [2.24, 2.45) is 0 Å². The summed E-state index contributed by atoms with van der Waals surface area (Å²) in [5.41, 5.74) is 2.00. The number of thiazole rings is 1. The summed E-state index contributed by atoms with van der Waals surface area (Å²) < 4.78 is 3.13. The maximum Gasteiger partial charge on any atom is 0.350 e. The minimum atomic E-state index is -0.253. The lowest BCUT2D eigenvalue weighted by Gasteiger charge is -2.03. The van der Waals surface area contributed by atoms with Gasteiger partial charge in [0.25, 0.3) is 5.91 Å². The van der Waals surface area contributed by atoms with Gasteiger partial charge in [0.05, 0.1) is 12.2 Å². The van der Waals surface area contributed by atoms with Crippen molar-refractivity contribution in [2.75, 3.05) is 6.54 Å². The number of hydrogen-bond acceptors (Lipinski definition) is 5. The zero-order valence-electron chi connectivity index (χ0n) is 16.8. The van der Waals surface area contributed by atoms with E-state index in [1.54, 1.807) is 9.95 Å². The number of para-hydroxylation sites is 1. The summed E-state index contributed by atoms with van der Waals surface area (Å²) in [6.07, 6.45) is 2.10.